The molecule has 2 aromatic carbocycles. The molecule has 0 heterocycles. The number of anilines is 1. The number of ether oxygens (including phenoxy) is 1. The maximum Gasteiger partial charge on any atom is 0.244 e. The molecule has 2 rings (SSSR count). The van der Waals surface area contributed by atoms with Crippen LogP contribution in [-0.2, 0) is 26.2 Å². The number of hydrogen-bond acceptors (Lipinski definition) is 5. The lowest BCUT2D eigenvalue weighted by atomic mass is 10.1. The van der Waals surface area contributed by atoms with Gasteiger partial charge in [0.2, 0.25) is 21.8 Å². The molecular formula is C27H39N3O5S. The number of amides is 2. The molecule has 8 nitrogen and oxygen atoms in total. The van der Waals surface area contributed by atoms with Crippen LogP contribution in [0.25, 0.3) is 0 Å². The number of benzene rings is 2. The number of rotatable bonds is 13. The summed E-state index contributed by atoms with van der Waals surface area (Å²) in [6.07, 6.45) is 3.25. The zero-order valence-electron chi connectivity index (χ0n) is 22.2. The van der Waals surface area contributed by atoms with Crippen molar-refractivity contribution in [3.63, 3.8) is 0 Å². The van der Waals surface area contributed by atoms with Gasteiger partial charge in [-0.05, 0) is 67.6 Å². The van der Waals surface area contributed by atoms with Gasteiger partial charge in [-0.3, -0.25) is 13.9 Å². The first-order valence-electron chi connectivity index (χ1n) is 12.3. The topological polar surface area (TPSA) is 96.0 Å². The largest absolute Gasteiger partial charge is 0.497 e. The van der Waals surface area contributed by atoms with Crippen LogP contribution in [0.2, 0.25) is 0 Å². The third-order valence-corrected chi connectivity index (χ3v) is 7.04. The van der Waals surface area contributed by atoms with Crippen molar-refractivity contribution in [1.82, 2.24) is 10.2 Å². The van der Waals surface area contributed by atoms with Crippen molar-refractivity contribution in [3.8, 4) is 5.75 Å². The predicted molar refractivity (Wildman–Crippen MR) is 144 cm³/mol. The Labute approximate surface area is 215 Å². The minimum atomic E-state index is -3.76. The predicted octanol–water partition coefficient (Wildman–Crippen LogP) is 3.80. The zero-order valence-corrected chi connectivity index (χ0v) is 23.0. The van der Waals surface area contributed by atoms with E-state index in [1.807, 2.05) is 45.9 Å². The second-order valence-electron chi connectivity index (χ2n) is 9.05. The van der Waals surface area contributed by atoms with Gasteiger partial charge in [0.05, 0.1) is 19.1 Å². The van der Waals surface area contributed by atoms with Gasteiger partial charge >= 0.3 is 0 Å². The van der Waals surface area contributed by atoms with E-state index in [2.05, 4.69) is 5.32 Å². The average Bonchev–Trinajstić information content (AvgIpc) is 2.81. The number of hydrogen-bond donors (Lipinski definition) is 1. The van der Waals surface area contributed by atoms with Crippen LogP contribution >= 0.6 is 0 Å². The number of nitrogens with one attached hydrogen (secondary N) is 1. The zero-order chi connectivity index (χ0) is 26.9. The standard InChI is InChI=1S/C27H39N3O5S/c1-7-9-14-28-27(32)25(8-2)29(18-22-10-12-24(35-5)13-11-22)26(31)19-30(36(6,33)34)23-16-20(3)15-21(4)17-23/h10-13,15-17,25H,7-9,14,18-19H2,1-6H3,(H,28,32)/t25-/m0/s1. The van der Waals surface area contributed by atoms with Crippen LogP contribution < -0.4 is 14.4 Å². The summed E-state index contributed by atoms with van der Waals surface area (Å²) >= 11 is 0. The minimum Gasteiger partial charge on any atom is -0.497 e. The second kappa shape index (κ2) is 13.3. The van der Waals surface area contributed by atoms with Crippen molar-refractivity contribution in [3.05, 3.63) is 59.2 Å². The fraction of sp³-hybridized carbons (Fsp3) is 0.481. The number of unbranched alkanes of at least 4 members (excludes halogenated alkanes) is 1. The molecule has 9 heteroatoms. The van der Waals surface area contributed by atoms with Gasteiger partial charge in [-0.2, -0.15) is 0 Å². The van der Waals surface area contributed by atoms with Gasteiger partial charge in [-0.15, -0.1) is 0 Å². The van der Waals surface area contributed by atoms with E-state index in [-0.39, 0.29) is 12.5 Å². The first-order chi connectivity index (χ1) is 17.0. The molecule has 0 saturated carbocycles. The molecule has 0 aliphatic carbocycles. The van der Waals surface area contributed by atoms with Crippen LogP contribution in [-0.4, -0.2) is 57.6 Å². The van der Waals surface area contributed by atoms with Gasteiger partial charge in [0.1, 0.15) is 18.3 Å². The Bertz CT molecular complexity index is 1110. The molecule has 0 aromatic heterocycles. The second-order valence-corrected chi connectivity index (χ2v) is 11.0. The van der Waals surface area contributed by atoms with E-state index in [0.717, 1.165) is 40.1 Å². The normalized spacial score (nSPS) is 12.1. The van der Waals surface area contributed by atoms with E-state index in [1.165, 1.54) is 4.90 Å². The van der Waals surface area contributed by atoms with E-state index in [4.69, 9.17) is 4.74 Å². The molecule has 1 N–H and O–H groups in total. The van der Waals surface area contributed by atoms with Crippen LogP contribution in [0.15, 0.2) is 42.5 Å². The van der Waals surface area contributed by atoms with Crippen molar-refractivity contribution in [2.75, 3.05) is 30.8 Å². The molecule has 0 spiro atoms. The molecule has 0 saturated heterocycles. The number of methoxy groups -OCH3 is 1. The van der Waals surface area contributed by atoms with Crippen LogP contribution in [0.4, 0.5) is 5.69 Å². The number of aryl methyl sites for hydroxylation is 2. The molecule has 0 aliphatic heterocycles. The number of sulfonamides is 1. The SMILES string of the molecule is CCCCNC(=O)[C@H](CC)N(Cc1ccc(OC)cc1)C(=O)CN(c1cc(C)cc(C)c1)S(C)(=O)=O. The highest BCUT2D eigenvalue weighted by atomic mass is 32.2. The molecule has 0 fully saturated rings. The van der Waals surface area contributed by atoms with Gasteiger partial charge in [0.25, 0.3) is 0 Å². The van der Waals surface area contributed by atoms with Gasteiger partial charge < -0.3 is 15.0 Å². The summed E-state index contributed by atoms with van der Waals surface area (Å²) in [5, 5.41) is 2.92. The van der Waals surface area contributed by atoms with Crippen LogP contribution in [0.1, 0.15) is 49.8 Å². The molecule has 0 aliphatic rings. The summed E-state index contributed by atoms with van der Waals surface area (Å²) in [7, 11) is -2.19. The van der Waals surface area contributed by atoms with E-state index >= 15 is 0 Å². The number of carbonyl (C=O) groups is 2. The molecule has 2 amide bonds. The molecule has 0 radical (unpaired) electrons. The van der Waals surface area contributed by atoms with E-state index in [9.17, 15) is 18.0 Å². The summed E-state index contributed by atoms with van der Waals surface area (Å²) in [5.74, 6) is -0.0166. The van der Waals surface area contributed by atoms with E-state index in [1.54, 1.807) is 31.4 Å². The summed E-state index contributed by atoms with van der Waals surface area (Å²) in [5.41, 5.74) is 3.01. The molecule has 0 bridgehead atoms. The molecule has 1 atom stereocenters. The van der Waals surface area contributed by atoms with Gasteiger partial charge in [0, 0.05) is 13.1 Å². The van der Waals surface area contributed by atoms with Crippen LogP contribution in [0.3, 0.4) is 0 Å². The first-order valence-corrected chi connectivity index (χ1v) is 14.1. The van der Waals surface area contributed by atoms with Crippen LogP contribution in [0.5, 0.6) is 5.75 Å². The minimum absolute atomic E-state index is 0.160. The lowest BCUT2D eigenvalue weighted by Crippen LogP contribution is -2.52. The quantitative estimate of drug-likeness (QED) is 0.408. The van der Waals surface area contributed by atoms with E-state index in [0.29, 0.717) is 24.4 Å². The Hall–Kier alpha value is -3.07. The fourth-order valence-corrected chi connectivity index (χ4v) is 4.89. The summed E-state index contributed by atoms with van der Waals surface area (Å²) in [6, 6.07) is 11.9. The Kier molecular flexibility index (Phi) is 10.8. The monoisotopic (exact) mass is 517 g/mol. The molecular weight excluding hydrogens is 478 g/mol. The third-order valence-electron chi connectivity index (χ3n) is 5.90. The lowest BCUT2D eigenvalue weighted by Gasteiger charge is -2.33. The Morgan fingerprint density at radius 3 is 2.14 bits per heavy atom. The maximum atomic E-state index is 13.7. The van der Waals surface area contributed by atoms with Crippen molar-refractivity contribution in [2.24, 2.45) is 0 Å². The number of carbonyl (C=O) groups excluding carboxylic acids is 2. The molecule has 36 heavy (non-hydrogen) atoms. The highest BCUT2D eigenvalue weighted by Gasteiger charge is 2.31. The Morgan fingerprint density at radius 2 is 1.64 bits per heavy atom. The first kappa shape index (κ1) is 29.2. The smallest absolute Gasteiger partial charge is 0.244 e. The fourth-order valence-electron chi connectivity index (χ4n) is 4.06. The average molecular weight is 518 g/mol. The summed E-state index contributed by atoms with van der Waals surface area (Å²) in [6.45, 7) is 7.91. The van der Waals surface area contributed by atoms with Crippen molar-refractivity contribution >= 4 is 27.5 Å². The van der Waals surface area contributed by atoms with Crippen molar-refractivity contribution in [2.45, 2.75) is 59.5 Å². The Balaban J connectivity index is 2.43. The Morgan fingerprint density at radius 1 is 1.03 bits per heavy atom. The van der Waals surface area contributed by atoms with Gasteiger partial charge in [-0.25, -0.2) is 8.42 Å². The molecule has 2 aromatic rings. The summed E-state index contributed by atoms with van der Waals surface area (Å²) < 4.78 is 31.8. The third kappa shape index (κ3) is 8.26. The maximum absolute atomic E-state index is 13.7. The van der Waals surface area contributed by atoms with Crippen molar-refractivity contribution in [1.29, 1.82) is 0 Å². The number of nitrogens with zero attached hydrogens (tertiary/aromatic N) is 2. The highest BCUT2D eigenvalue weighted by Crippen LogP contribution is 2.23. The van der Waals surface area contributed by atoms with E-state index < -0.39 is 28.5 Å². The van der Waals surface area contributed by atoms with Crippen LogP contribution in [0, 0.1) is 13.8 Å². The van der Waals surface area contributed by atoms with Gasteiger partial charge in [-0.1, -0.05) is 38.5 Å². The highest BCUT2D eigenvalue weighted by molar-refractivity contribution is 7.92. The molecule has 198 valence electrons. The molecule has 0 unspecified atom stereocenters. The lowest BCUT2D eigenvalue weighted by molar-refractivity contribution is -0.140. The summed E-state index contributed by atoms with van der Waals surface area (Å²) in [4.78, 5) is 28.3. The van der Waals surface area contributed by atoms with Gasteiger partial charge in [0.15, 0.2) is 0 Å². The van der Waals surface area contributed by atoms with Crippen molar-refractivity contribution < 1.29 is 22.7 Å².